The number of hydrogen-bond donors (Lipinski definition) is 0. The molecular weight excluding hydrogens is 931 g/mol. The van der Waals surface area contributed by atoms with E-state index in [4.69, 9.17) is 47.4 Å². The minimum absolute atomic E-state index is 0.0704. The lowest BCUT2D eigenvalue weighted by atomic mass is 9.75. The molecule has 5 fully saturated rings. The molecule has 72 heavy (non-hydrogen) atoms. The fraction of sp³-hybridized carbons (Fsp3) is 0.774. The molecule has 1 spiro atoms. The summed E-state index contributed by atoms with van der Waals surface area (Å²) < 4.78 is 66.6. The number of aryl methyl sites for hydroxylation is 1. The van der Waals surface area contributed by atoms with E-state index in [1.165, 1.54) is 6.92 Å². The number of ether oxygens (including phenoxy) is 10. The van der Waals surface area contributed by atoms with Crippen molar-refractivity contribution >= 4 is 23.8 Å². The first-order valence-electron chi connectivity index (χ1n) is 25.8. The summed E-state index contributed by atoms with van der Waals surface area (Å²) in [5.41, 5.74) is -1.79. The van der Waals surface area contributed by atoms with Gasteiger partial charge in [0.25, 0.3) is 0 Å². The highest BCUT2D eigenvalue weighted by Gasteiger charge is 2.79. The molecule has 2 aromatic rings. The van der Waals surface area contributed by atoms with E-state index < -0.39 is 120 Å². The number of Topliss-reactive ketones (excluding diaryl/α,β-unsaturated/α-hetero) is 1. The molecule has 1 unspecified atom stereocenters. The van der Waals surface area contributed by atoms with Gasteiger partial charge >= 0.3 is 18.0 Å². The van der Waals surface area contributed by atoms with E-state index in [2.05, 4.69) is 14.9 Å². The van der Waals surface area contributed by atoms with E-state index in [0.29, 0.717) is 32.4 Å². The highest BCUT2D eigenvalue weighted by molar-refractivity contribution is 5.86. The van der Waals surface area contributed by atoms with Crippen LogP contribution in [0.4, 0.5) is 4.79 Å². The van der Waals surface area contributed by atoms with Crippen molar-refractivity contribution < 1.29 is 66.5 Å². The Balaban J connectivity index is 1.23. The standard InChI is InChI=1S/C53H81N5O14/c1-29-24-51(9,64-14)45(71-49-43(63-13)39(56(11)12)23-30(2)66-49)32(4)42(69-40-25-52(10,65-15)47(35(7)67-40)68-36(8)59)33(5)48(61)70-46-34(6)53(46)44(31(3)41(29)60)58(50(62)72-53)22-17-16-21-57-27-38(55-28-57)37-19-18-20-54-26-37/h18-20,26-35,39-40,42-47,49H,16-17,21-25H2,1-15H3/t29-,30-,31+,32+,33-,34?,35+,39+,40+,42+,43-,44-,45-,46-,47+,49+,51+,52-,53+/m1/s1. The Labute approximate surface area is 425 Å². The normalized spacial score (nSPS) is 40.7. The van der Waals surface area contributed by atoms with E-state index >= 15 is 4.79 Å². The number of likely N-dealkylation sites (N-methyl/N-ethyl adjacent to an activating group) is 1. The van der Waals surface area contributed by atoms with Crippen LogP contribution < -0.4 is 0 Å². The largest absolute Gasteiger partial charge is 0.457 e. The monoisotopic (exact) mass is 1010 g/mol. The third-order valence-corrected chi connectivity index (χ3v) is 16.6. The Hall–Kier alpha value is -4.08. The smallest absolute Gasteiger partial charge is 0.410 e. The fourth-order valence-electron chi connectivity index (χ4n) is 12.4. The number of hydrogen-bond acceptors (Lipinski definition) is 17. The van der Waals surface area contributed by atoms with Crippen LogP contribution in [0, 0.1) is 29.6 Å². The van der Waals surface area contributed by atoms with Crippen LogP contribution in [0.3, 0.4) is 0 Å². The molecule has 1 saturated carbocycles. The van der Waals surface area contributed by atoms with Crippen molar-refractivity contribution in [1.29, 1.82) is 0 Å². The minimum atomic E-state index is -1.27. The van der Waals surface area contributed by atoms with Gasteiger partial charge in [-0.15, -0.1) is 0 Å². The zero-order valence-electron chi connectivity index (χ0n) is 45.1. The van der Waals surface area contributed by atoms with Gasteiger partial charge in [0.2, 0.25) is 0 Å². The number of methoxy groups -OCH3 is 3. The second-order valence-corrected chi connectivity index (χ2v) is 21.9. The van der Waals surface area contributed by atoms with Crippen LogP contribution in [-0.4, -0.2) is 174 Å². The number of unbranched alkanes of at least 4 members (excludes halogenated alkanes) is 1. The molecule has 19 heteroatoms. The molecule has 1 amide bonds. The SMILES string of the molecule is CO[C@H]1[C@H](O[C@@H]2[C@@H](C)[C@H](O[C@H]3C[C@@](C)(OC)[C@@H](OC(C)=O)[C@H](C)O3)[C@@H](C)C(=O)O[C@@H]3C(C)[C@@]34OC(=O)N(CCCCn3cnc(-c5cccnc5)c3)[C@@H]4[C@@H](C)C(=O)[C@H](C)C[C@]2(C)OC)O[C@H](C)C[C@@H]1N(C)C. The first-order valence-corrected chi connectivity index (χ1v) is 25.8. The van der Waals surface area contributed by atoms with Gasteiger partial charge in [-0.05, 0) is 86.5 Å². The summed E-state index contributed by atoms with van der Waals surface area (Å²) in [6.07, 6.45) is 2.29. The van der Waals surface area contributed by atoms with Gasteiger partial charge in [-0.3, -0.25) is 19.4 Å². The van der Waals surface area contributed by atoms with Gasteiger partial charge in [0.05, 0.1) is 54.0 Å². The molecule has 402 valence electrons. The summed E-state index contributed by atoms with van der Waals surface area (Å²) in [7, 11) is 8.75. The predicted molar refractivity (Wildman–Crippen MR) is 262 cm³/mol. The maximum atomic E-state index is 15.2. The number of aromatic nitrogens is 3. The first-order chi connectivity index (χ1) is 34.0. The highest BCUT2D eigenvalue weighted by Crippen LogP contribution is 2.59. The molecule has 4 aliphatic heterocycles. The lowest BCUT2D eigenvalue weighted by Gasteiger charge is -2.50. The van der Waals surface area contributed by atoms with Crippen LogP contribution >= 0.6 is 0 Å². The van der Waals surface area contributed by atoms with Crippen LogP contribution in [0.2, 0.25) is 0 Å². The van der Waals surface area contributed by atoms with Crippen LogP contribution in [-0.2, 0) is 68.3 Å². The topological polar surface area (TPSA) is 198 Å². The minimum Gasteiger partial charge on any atom is -0.457 e. The number of nitrogens with zero attached hydrogens (tertiary/aromatic N) is 5. The molecule has 4 saturated heterocycles. The average molecular weight is 1010 g/mol. The van der Waals surface area contributed by atoms with Gasteiger partial charge in [-0.25, -0.2) is 9.78 Å². The number of amides is 1. The zero-order valence-corrected chi connectivity index (χ0v) is 45.1. The number of carbonyl (C=O) groups excluding carboxylic acids is 4. The summed E-state index contributed by atoms with van der Waals surface area (Å²) >= 11 is 0. The van der Waals surface area contributed by atoms with Gasteiger partial charge in [0, 0.05) is 102 Å². The van der Waals surface area contributed by atoms with E-state index in [0.717, 1.165) is 11.3 Å². The molecule has 5 aliphatic rings. The summed E-state index contributed by atoms with van der Waals surface area (Å²) in [6.45, 7) is 19.1. The second-order valence-electron chi connectivity index (χ2n) is 21.9. The number of imidazole rings is 1. The summed E-state index contributed by atoms with van der Waals surface area (Å²) in [6, 6.07) is 3.02. The van der Waals surface area contributed by atoms with Crippen molar-refractivity contribution in [1.82, 2.24) is 24.3 Å². The number of ketones is 1. The van der Waals surface area contributed by atoms with Crippen molar-refractivity contribution in [2.75, 3.05) is 42.0 Å². The second kappa shape index (κ2) is 22.4. The number of esters is 2. The number of pyridine rings is 1. The van der Waals surface area contributed by atoms with Crippen molar-refractivity contribution in [3.05, 3.63) is 37.1 Å². The van der Waals surface area contributed by atoms with Crippen molar-refractivity contribution in [3.63, 3.8) is 0 Å². The lowest BCUT2D eigenvalue weighted by Crippen LogP contribution is -2.61. The third kappa shape index (κ3) is 11.0. The van der Waals surface area contributed by atoms with Crippen LogP contribution in [0.5, 0.6) is 0 Å². The van der Waals surface area contributed by atoms with Gasteiger partial charge in [0.15, 0.2) is 30.4 Å². The Morgan fingerprint density at radius 2 is 1.58 bits per heavy atom. The molecule has 0 N–H and O–H groups in total. The van der Waals surface area contributed by atoms with Crippen LogP contribution in [0.15, 0.2) is 37.1 Å². The molecule has 19 atom stereocenters. The molecule has 6 heterocycles. The van der Waals surface area contributed by atoms with Gasteiger partial charge < -0.3 is 61.7 Å². The van der Waals surface area contributed by atoms with Crippen LogP contribution in [0.25, 0.3) is 11.3 Å². The highest BCUT2D eigenvalue weighted by atomic mass is 16.7. The van der Waals surface area contributed by atoms with E-state index in [9.17, 15) is 14.4 Å². The molecule has 0 bridgehead atoms. The summed E-state index contributed by atoms with van der Waals surface area (Å²) in [4.78, 5) is 69.1. The Bertz CT molecular complexity index is 2200. The number of rotatable bonds is 15. The Kier molecular flexibility index (Phi) is 17.3. The first kappa shape index (κ1) is 55.7. The molecule has 1 aliphatic carbocycles. The Morgan fingerprint density at radius 3 is 2.22 bits per heavy atom. The maximum absolute atomic E-state index is 15.2. The maximum Gasteiger partial charge on any atom is 0.410 e. The molecule has 19 nitrogen and oxygen atoms in total. The average Bonchev–Trinajstić information content (AvgIpc) is 3.62. The van der Waals surface area contributed by atoms with Gasteiger partial charge in [-0.2, -0.15) is 0 Å². The van der Waals surface area contributed by atoms with Crippen molar-refractivity contribution in [2.24, 2.45) is 29.6 Å². The molecule has 7 rings (SSSR count). The van der Waals surface area contributed by atoms with E-state index in [1.807, 2.05) is 85.5 Å². The number of carbonyl (C=O) groups is 4. The van der Waals surface area contributed by atoms with E-state index in [1.54, 1.807) is 58.8 Å². The molecule has 2 aromatic heterocycles. The molecule has 0 radical (unpaired) electrons. The third-order valence-electron chi connectivity index (χ3n) is 16.6. The van der Waals surface area contributed by atoms with Crippen molar-refractivity contribution in [3.8, 4) is 11.3 Å². The fourth-order valence-corrected chi connectivity index (χ4v) is 12.4. The lowest BCUT2D eigenvalue weighted by molar-refractivity contribution is -0.321. The van der Waals surface area contributed by atoms with Crippen molar-refractivity contribution in [2.45, 2.75) is 192 Å². The van der Waals surface area contributed by atoms with Crippen LogP contribution in [0.1, 0.15) is 101 Å². The Morgan fingerprint density at radius 1 is 0.889 bits per heavy atom. The summed E-state index contributed by atoms with van der Waals surface area (Å²) in [5, 5.41) is 0. The quantitative estimate of drug-likeness (QED) is 0.113. The summed E-state index contributed by atoms with van der Waals surface area (Å²) in [5.74, 6) is -4.60. The molecule has 0 aromatic carbocycles. The van der Waals surface area contributed by atoms with Gasteiger partial charge in [-0.1, -0.05) is 27.7 Å². The predicted octanol–water partition coefficient (Wildman–Crippen LogP) is 6.09. The zero-order chi connectivity index (χ0) is 52.6. The molecular formula is C53H81N5O14. The van der Waals surface area contributed by atoms with Gasteiger partial charge in [0.1, 0.15) is 17.5 Å². The van der Waals surface area contributed by atoms with E-state index in [-0.39, 0.29) is 30.8 Å².